The third kappa shape index (κ3) is 2.98. The minimum absolute atomic E-state index is 0.493. The van der Waals surface area contributed by atoms with E-state index in [1.807, 2.05) is 66.7 Å². The molecule has 1 heterocycles. The minimum Gasteiger partial charge on any atom is -0.457 e. The van der Waals surface area contributed by atoms with Crippen molar-refractivity contribution in [1.82, 2.24) is 4.98 Å². The molecule has 0 aliphatic heterocycles. The molecule has 3 aromatic rings. The summed E-state index contributed by atoms with van der Waals surface area (Å²) in [6, 6.07) is 21.4. The first-order valence-electron chi connectivity index (χ1n) is 6.26. The third-order valence-electron chi connectivity index (χ3n) is 2.89. The molecule has 0 saturated carbocycles. The highest BCUT2D eigenvalue weighted by molar-refractivity contribution is 6.29. The Kier molecular flexibility index (Phi) is 3.66. The molecular formula is C17H12ClNO. The number of rotatable bonds is 3. The first kappa shape index (κ1) is 12.7. The first-order chi connectivity index (χ1) is 9.81. The number of nitrogens with zero attached hydrogens (tertiary/aromatic N) is 1. The second-order valence-corrected chi connectivity index (χ2v) is 4.69. The summed E-state index contributed by atoms with van der Waals surface area (Å²) in [5.41, 5.74) is 2.12. The highest BCUT2D eigenvalue weighted by Gasteiger charge is 2.01. The quantitative estimate of drug-likeness (QED) is 0.616. The Morgan fingerprint density at radius 3 is 2.15 bits per heavy atom. The van der Waals surface area contributed by atoms with E-state index >= 15 is 0 Å². The van der Waals surface area contributed by atoms with Crippen LogP contribution < -0.4 is 4.74 Å². The van der Waals surface area contributed by atoms with Gasteiger partial charge in [0.05, 0.1) is 0 Å². The van der Waals surface area contributed by atoms with Gasteiger partial charge in [0.15, 0.2) is 0 Å². The fourth-order valence-electron chi connectivity index (χ4n) is 1.92. The number of hydrogen-bond donors (Lipinski definition) is 0. The summed E-state index contributed by atoms with van der Waals surface area (Å²) in [4.78, 5) is 3.98. The van der Waals surface area contributed by atoms with Crippen molar-refractivity contribution in [1.29, 1.82) is 0 Å². The smallest absolute Gasteiger partial charge is 0.129 e. The lowest BCUT2D eigenvalue weighted by Gasteiger charge is -2.07. The predicted octanol–water partition coefficient (Wildman–Crippen LogP) is 5.19. The van der Waals surface area contributed by atoms with E-state index in [1.165, 1.54) is 0 Å². The molecule has 0 aliphatic rings. The van der Waals surface area contributed by atoms with Crippen molar-refractivity contribution < 1.29 is 4.74 Å². The van der Waals surface area contributed by atoms with Gasteiger partial charge in [0.2, 0.25) is 0 Å². The average Bonchev–Trinajstić information content (AvgIpc) is 2.49. The van der Waals surface area contributed by atoms with Gasteiger partial charge < -0.3 is 4.74 Å². The van der Waals surface area contributed by atoms with Crippen LogP contribution in [0.25, 0.3) is 11.1 Å². The Labute approximate surface area is 122 Å². The summed E-state index contributed by atoms with van der Waals surface area (Å²) in [6.07, 6.45) is 1.70. The highest BCUT2D eigenvalue weighted by Crippen LogP contribution is 2.26. The molecule has 0 N–H and O–H groups in total. The number of pyridine rings is 1. The van der Waals surface area contributed by atoms with E-state index in [0.29, 0.717) is 5.15 Å². The van der Waals surface area contributed by atoms with Crippen molar-refractivity contribution >= 4 is 11.6 Å². The van der Waals surface area contributed by atoms with Gasteiger partial charge in [-0.3, -0.25) is 0 Å². The molecule has 0 fully saturated rings. The van der Waals surface area contributed by atoms with Crippen LogP contribution in [0.15, 0.2) is 72.9 Å². The highest BCUT2D eigenvalue weighted by atomic mass is 35.5. The van der Waals surface area contributed by atoms with Crippen molar-refractivity contribution in [2.45, 2.75) is 0 Å². The van der Waals surface area contributed by atoms with Gasteiger partial charge >= 0.3 is 0 Å². The van der Waals surface area contributed by atoms with Crippen molar-refractivity contribution in [2.24, 2.45) is 0 Å². The van der Waals surface area contributed by atoms with E-state index < -0.39 is 0 Å². The zero-order valence-corrected chi connectivity index (χ0v) is 11.4. The second kappa shape index (κ2) is 5.76. The monoisotopic (exact) mass is 281 g/mol. The molecular weight excluding hydrogens is 270 g/mol. The van der Waals surface area contributed by atoms with Gasteiger partial charge in [-0.15, -0.1) is 0 Å². The summed E-state index contributed by atoms with van der Waals surface area (Å²) in [7, 11) is 0. The summed E-state index contributed by atoms with van der Waals surface area (Å²) in [5, 5.41) is 0.493. The molecule has 98 valence electrons. The largest absolute Gasteiger partial charge is 0.457 e. The molecule has 2 aromatic carbocycles. The fraction of sp³-hybridized carbons (Fsp3) is 0. The lowest BCUT2D eigenvalue weighted by molar-refractivity contribution is 0.483. The Balaban J connectivity index is 1.81. The normalized spacial score (nSPS) is 10.2. The molecule has 0 saturated heterocycles. The molecule has 0 radical (unpaired) electrons. The fourth-order valence-corrected chi connectivity index (χ4v) is 2.10. The Bertz CT molecular complexity index is 696. The molecule has 0 spiro atoms. The van der Waals surface area contributed by atoms with Gasteiger partial charge in [-0.05, 0) is 47.5 Å². The van der Waals surface area contributed by atoms with Crippen LogP contribution >= 0.6 is 11.6 Å². The van der Waals surface area contributed by atoms with Crippen LogP contribution in [0.1, 0.15) is 0 Å². The topological polar surface area (TPSA) is 22.1 Å². The number of ether oxygens (including phenoxy) is 1. The Morgan fingerprint density at radius 2 is 1.45 bits per heavy atom. The molecule has 0 unspecified atom stereocenters. The average molecular weight is 282 g/mol. The van der Waals surface area contributed by atoms with Gasteiger partial charge in [0, 0.05) is 6.20 Å². The van der Waals surface area contributed by atoms with Crippen molar-refractivity contribution in [2.75, 3.05) is 0 Å². The van der Waals surface area contributed by atoms with Crippen molar-refractivity contribution in [3.05, 3.63) is 78.1 Å². The van der Waals surface area contributed by atoms with E-state index in [9.17, 15) is 0 Å². The van der Waals surface area contributed by atoms with Crippen LogP contribution in [-0.4, -0.2) is 4.98 Å². The van der Waals surface area contributed by atoms with Crippen LogP contribution in [0, 0.1) is 0 Å². The Hall–Kier alpha value is -2.32. The lowest BCUT2D eigenvalue weighted by Crippen LogP contribution is -1.84. The van der Waals surface area contributed by atoms with Crippen LogP contribution in [0.2, 0.25) is 5.15 Å². The van der Waals surface area contributed by atoms with Crippen LogP contribution in [0.4, 0.5) is 0 Å². The molecule has 20 heavy (non-hydrogen) atoms. The number of aromatic nitrogens is 1. The number of benzene rings is 2. The molecule has 3 rings (SSSR count). The van der Waals surface area contributed by atoms with Crippen molar-refractivity contribution in [3.63, 3.8) is 0 Å². The van der Waals surface area contributed by atoms with Gasteiger partial charge in [0.1, 0.15) is 16.7 Å². The molecule has 0 amide bonds. The minimum atomic E-state index is 0.493. The van der Waals surface area contributed by atoms with E-state index in [0.717, 1.165) is 22.6 Å². The zero-order chi connectivity index (χ0) is 13.8. The van der Waals surface area contributed by atoms with Crippen LogP contribution in [0.3, 0.4) is 0 Å². The Morgan fingerprint density at radius 1 is 0.750 bits per heavy atom. The maximum absolute atomic E-state index is 5.90. The standard InChI is InChI=1S/C17H12ClNO/c18-17-12-14(10-11-19-17)13-6-8-16(9-7-13)20-15-4-2-1-3-5-15/h1-12H. The first-order valence-corrected chi connectivity index (χ1v) is 6.64. The van der Waals surface area contributed by atoms with Gasteiger partial charge in [0.25, 0.3) is 0 Å². The molecule has 0 atom stereocenters. The maximum Gasteiger partial charge on any atom is 0.129 e. The zero-order valence-electron chi connectivity index (χ0n) is 10.7. The molecule has 2 nitrogen and oxygen atoms in total. The number of hydrogen-bond acceptors (Lipinski definition) is 2. The maximum atomic E-state index is 5.90. The lowest BCUT2D eigenvalue weighted by atomic mass is 10.1. The SMILES string of the molecule is Clc1cc(-c2ccc(Oc3ccccc3)cc2)ccn1. The third-order valence-corrected chi connectivity index (χ3v) is 3.10. The van der Waals surface area contributed by atoms with E-state index in [4.69, 9.17) is 16.3 Å². The molecule has 0 aliphatic carbocycles. The van der Waals surface area contributed by atoms with E-state index in [1.54, 1.807) is 6.20 Å². The van der Waals surface area contributed by atoms with Crippen LogP contribution in [-0.2, 0) is 0 Å². The number of halogens is 1. The summed E-state index contributed by atoms with van der Waals surface area (Å²) >= 11 is 5.90. The summed E-state index contributed by atoms with van der Waals surface area (Å²) in [6.45, 7) is 0. The molecule has 1 aromatic heterocycles. The van der Waals surface area contributed by atoms with Crippen LogP contribution in [0.5, 0.6) is 11.5 Å². The van der Waals surface area contributed by atoms with E-state index in [2.05, 4.69) is 4.98 Å². The van der Waals surface area contributed by atoms with E-state index in [-0.39, 0.29) is 0 Å². The summed E-state index contributed by atoms with van der Waals surface area (Å²) < 4.78 is 5.75. The second-order valence-electron chi connectivity index (χ2n) is 4.31. The van der Waals surface area contributed by atoms with Crippen molar-refractivity contribution in [3.8, 4) is 22.6 Å². The molecule has 3 heteroatoms. The predicted molar refractivity (Wildman–Crippen MR) is 81.2 cm³/mol. The summed E-state index contributed by atoms with van der Waals surface area (Å²) in [5.74, 6) is 1.63. The van der Waals surface area contributed by atoms with Gasteiger partial charge in [-0.1, -0.05) is 41.9 Å². The molecule has 0 bridgehead atoms. The van der Waals surface area contributed by atoms with Gasteiger partial charge in [-0.2, -0.15) is 0 Å². The van der Waals surface area contributed by atoms with Gasteiger partial charge in [-0.25, -0.2) is 4.98 Å². The number of para-hydroxylation sites is 1.